The van der Waals surface area contributed by atoms with E-state index in [0.717, 1.165) is 25.7 Å². The van der Waals surface area contributed by atoms with Crippen molar-refractivity contribution < 1.29 is 9.59 Å². The van der Waals surface area contributed by atoms with E-state index in [9.17, 15) is 9.59 Å². The standard InChI is InChI=1S/C37H74N2O2/c1-3-5-7-9-11-13-15-17-19-21-23-25-27-29-31-33-36(40)38-35-39-37(41)34-32-30-28-26-24-22-20-18-16-14-12-10-8-6-4-2/h3-35H2,1-2H3,(H,38,40)(H,39,41). The highest BCUT2D eigenvalue weighted by Gasteiger charge is 2.04. The second-order valence-electron chi connectivity index (χ2n) is 12.8. The van der Waals surface area contributed by atoms with Crippen molar-refractivity contribution in [3.05, 3.63) is 0 Å². The van der Waals surface area contributed by atoms with Crippen LogP contribution in [0.5, 0.6) is 0 Å². The molecule has 0 spiro atoms. The van der Waals surface area contributed by atoms with E-state index in [1.165, 1.54) is 167 Å². The van der Waals surface area contributed by atoms with E-state index in [2.05, 4.69) is 24.5 Å². The fraction of sp³-hybridized carbons (Fsp3) is 0.946. The fourth-order valence-corrected chi connectivity index (χ4v) is 5.73. The number of nitrogens with one attached hydrogen (secondary N) is 2. The summed E-state index contributed by atoms with van der Waals surface area (Å²) in [6.07, 6.45) is 41.2. The minimum absolute atomic E-state index is 0.0620. The van der Waals surface area contributed by atoms with E-state index in [1.54, 1.807) is 0 Å². The zero-order valence-electron chi connectivity index (χ0n) is 28.2. The SMILES string of the molecule is CCCCCCCCCCCCCCCCCC(=O)NCNC(=O)CCCCCCCCCCCCCCCCC. The van der Waals surface area contributed by atoms with E-state index in [-0.39, 0.29) is 18.5 Å². The first-order chi connectivity index (χ1) is 20.2. The monoisotopic (exact) mass is 579 g/mol. The molecule has 0 fully saturated rings. The van der Waals surface area contributed by atoms with Crippen molar-refractivity contribution in [1.29, 1.82) is 0 Å². The zero-order valence-corrected chi connectivity index (χ0v) is 28.2. The molecule has 0 unspecified atom stereocenters. The normalized spacial score (nSPS) is 11.2. The van der Waals surface area contributed by atoms with Crippen LogP contribution in [-0.2, 0) is 9.59 Å². The van der Waals surface area contributed by atoms with E-state index < -0.39 is 0 Å². The second kappa shape index (κ2) is 35.1. The predicted molar refractivity (Wildman–Crippen MR) is 180 cm³/mol. The molecule has 0 rings (SSSR count). The molecule has 0 bridgehead atoms. The number of rotatable bonds is 34. The lowest BCUT2D eigenvalue weighted by molar-refractivity contribution is -0.123. The molecule has 244 valence electrons. The predicted octanol–water partition coefficient (Wildman–Crippen LogP) is 11.7. The van der Waals surface area contributed by atoms with Gasteiger partial charge in [0.1, 0.15) is 0 Å². The first-order valence-corrected chi connectivity index (χ1v) is 18.7. The number of carbonyl (C=O) groups excluding carboxylic acids is 2. The van der Waals surface area contributed by atoms with Crippen LogP contribution in [0.2, 0.25) is 0 Å². The molecule has 0 aromatic rings. The minimum atomic E-state index is 0.0620. The Bertz CT molecular complexity index is 491. The maximum Gasteiger partial charge on any atom is 0.221 e. The van der Waals surface area contributed by atoms with Crippen molar-refractivity contribution in [2.24, 2.45) is 0 Å². The van der Waals surface area contributed by atoms with Gasteiger partial charge in [0, 0.05) is 12.8 Å². The lowest BCUT2D eigenvalue weighted by Crippen LogP contribution is -2.37. The highest BCUT2D eigenvalue weighted by atomic mass is 16.2. The molecule has 0 aromatic heterocycles. The van der Waals surface area contributed by atoms with Crippen LogP contribution in [0.25, 0.3) is 0 Å². The van der Waals surface area contributed by atoms with Gasteiger partial charge in [-0.05, 0) is 12.8 Å². The van der Waals surface area contributed by atoms with Gasteiger partial charge in [0.15, 0.2) is 0 Å². The molecule has 2 amide bonds. The Hall–Kier alpha value is -1.06. The van der Waals surface area contributed by atoms with Crippen LogP contribution in [0.3, 0.4) is 0 Å². The Morgan fingerprint density at radius 2 is 0.512 bits per heavy atom. The summed E-state index contributed by atoms with van der Waals surface area (Å²) in [5.41, 5.74) is 0. The summed E-state index contributed by atoms with van der Waals surface area (Å²) in [4.78, 5) is 24.0. The van der Waals surface area contributed by atoms with Crippen molar-refractivity contribution in [3.8, 4) is 0 Å². The van der Waals surface area contributed by atoms with Crippen molar-refractivity contribution >= 4 is 11.8 Å². The Morgan fingerprint density at radius 3 is 0.732 bits per heavy atom. The molecule has 0 aliphatic rings. The Kier molecular flexibility index (Phi) is 34.2. The van der Waals surface area contributed by atoms with E-state index in [4.69, 9.17) is 0 Å². The number of carbonyl (C=O) groups is 2. The van der Waals surface area contributed by atoms with Crippen LogP contribution in [-0.4, -0.2) is 18.5 Å². The molecular formula is C37H74N2O2. The molecule has 0 saturated heterocycles. The van der Waals surface area contributed by atoms with Crippen LogP contribution in [0, 0.1) is 0 Å². The van der Waals surface area contributed by atoms with Crippen LogP contribution in [0.15, 0.2) is 0 Å². The lowest BCUT2D eigenvalue weighted by atomic mass is 10.0. The summed E-state index contributed by atoms with van der Waals surface area (Å²) in [5.74, 6) is 0.124. The van der Waals surface area contributed by atoms with Gasteiger partial charge in [-0.25, -0.2) is 0 Å². The van der Waals surface area contributed by atoms with Crippen LogP contribution >= 0.6 is 0 Å². The number of hydrogen-bond donors (Lipinski definition) is 2. The molecule has 4 heteroatoms. The molecule has 0 heterocycles. The molecule has 4 nitrogen and oxygen atoms in total. The van der Waals surface area contributed by atoms with E-state index >= 15 is 0 Å². The molecule has 0 radical (unpaired) electrons. The fourth-order valence-electron chi connectivity index (χ4n) is 5.73. The van der Waals surface area contributed by atoms with Crippen LogP contribution in [0.4, 0.5) is 0 Å². The Morgan fingerprint density at radius 1 is 0.317 bits per heavy atom. The Labute approximate surface area is 257 Å². The number of hydrogen-bond acceptors (Lipinski definition) is 2. The third-order valence-corrected chi connectivity index (χ3v) is 8.59. The maximum atomic E-state index is 12.0. The van der Waals surface area contributed by atoms with Gasteiger partial charge in [-0.2, -0.15) is 0 Å². The first kappa shape index (κ1) is 39.9. The molecule has 2 N–H and O–H groups in total. The summed E-state index contributed by atoms with van der Waals surface area (Å²) < 4.78 is 0. The summed E-state index contributed by atoms with van der Waals surface area (Å²) in [6, 6.07) is 0. The largest absolute Gasteiger partial charge is 0.339 e. The zero-order chi connectivity index (χ0) is 29.9. The molecule has 0 atom stereocenters. The second-order valence-corrected chi connectivity index (χ2v) is 12.8. The van der Waals surface area contributed by atoms with Gasteiger partial charge in [-0.1, -0.05) is 194 Å². The van der Waals surface area contributed by atoms with E-state index in [1.807, 2.05) is 0 Å². The van der Waals surface area contributed by atoms with Gasteiger partial charge < -0.3 is 10.6 Å². The summed E-state index contributed by atoms with van der Waals surface area (Å²) in [5, 5.41) is 5.69. The summed E-state index contributed by atoms with van der Waals surface area (Å²) >= 11 is 0. The van der Waals surface area contributed by atoms with Gasteiger partial charge in [-0.3, -0.25) is 9.59 Å². The van der Waals surface area contributed by atoms with Crippen LogP contribution < -0.4 is 10.6 Å². The third kappa shape index (κ3) is 35.0. The average molecular weight is 579 g/mol. The van der Waals surface area contributed by atoms with Gasteiger partial charge >= 0.3 is 0 Å². The highest BCUT2D eigenvalue weighted by Crippen LogP contribution is 2.15. The highest BCUT2D eigenvalue weighted by molar-refractivity contribution is 5.78. The number of unbranched alkanes of at least 4 members (excludes halogenated alkanes) is 28. The van der Waals surface area contributed by atoms with E-state index in [0.29, 0.717) is 12.8 Å². The van der Waals surface area contributed by atoms with Gasteiger partial charge in [0.05, 0.1) is 6.67 Å². The summed E-state index contributed by atoms with van der Waals surface area (Å²) in [6.45, 7) is 4.83. The minimum Gasteiger partial charge on any atom is -0.339 e. The molecule has 0 aromatic carbocycles. The smallest absolute Gasteiger partial charge is 0.221 e. The van der Waals surface area contributed by atoms with Crippen molar-refractivity contribution in [2.75, 3.05) is 6.67 Å². The molecule has 0 aliphatic heterocycles. The number of amides is 2. The van der Waals surface area contributed by atoms with Crippen LogP contribution in [0.1, 0.15) is 219 Å². The lowest BCUT2D eigenvalue weighted by Gasteiger charge is -2.08. The third-order valence-electron chi connectivity index (χ3n) is 8.59. The van der Waals surface area contributed by atoms with Crippen molar-refractivity contribution in [1.82, 2.24) is 10.6 Å². The maximum absolute atomic E-state index is 12.0. The first-order valence-electron chi connectivity index (χ1n) is 18.7. The Balaban J connectivity index is 3.26. The molecular weight excluding hydrogens is 504 g/mol. The topological polar surface area (TPSA) is 58.2 Å². The molecule has 41 heavy (non-hydrogen) atoms. The summed E-state index contributed by atoms with van der Waals surface area (Å²) in [7, 11) is 0. The van der Waals surface area contributed by atoms with Crippen molar-refractivity contribution in [3.63, 3.8) is 0 Å². The molecule has 0 saturated carbocycles. The van der Waals surface area contributed by atoms with Gasteiger partial charge in [0.25, 0.3) is 0 Å². The molecule has 0 aliphatic carbocycles. The quantitative estimate of drug-likeness (QED) is 0.0589. The van der Waals surface area contributed by atoms with Crippen molar-refractivity contribution in [2.45, 2.75) is 219 Å². The van der Waals surface area contributed by atoms with Gasteiger partial charge in [0.2, 0.25) is 11.8 Å². The average Bonchev–Trinajstić information content (AvgIpc) is 2.97. The van der Waals surface area contributed by atoms with Gasteiger partial charge in [-0.15, -0.1) is 0 Å².